The summed E-state index contributed by atoms with van der Waals surface area (Å²) in [6.45, 7) is 4.87. The summed E-state index contributed by atoms with van der Waals surface area (Å²) in [6.07, 6.45) is 67.3. The molecule has 2 atom stereocenters. The van der Waals surface area contributed by atoms with E-state index in [0.717, 1.165) is 83.5 Å². The maximum absolute atomic E-state index is 12.5. The van der Waals surface area contributed by atoms with Crippen LogP contribution >= 0.6 is 0 Å². The molecule has 0 bridgehead atoms. The number of carbonyl (C=O) groups is 2. The molecule has 0 rings (SSSR count). The fourth-order valence-electron chi connectivity index (χ4n) is 8.72. The first kappa shape index (κ1) is 63.1. The summed E-state index contributed by atoms with van der Waals surface area (Å²) < 4.78 is 5.44. The molecule has 0 aromatic rings. The van der Waals surface area contributed by atoms with E-state index < -0.39 is 12.1 Å². The highest BCUT2D eigenvalue weighted by atomic mass is 16.5. The molecule has 65 heavy (non-hydrogen) atoms. The second kappa shape index (κ2) is 54.7. The first-order valence-electron chi connectivity index (χ1n) is 28.8. The van der Waals surface area contributed by atoms with Crippen LogP contribution in [0.1, 0.15) is 303 Å². The number of allylic oxidation sites excluding steroid dienone is 5. The number of amides is 1. The van der Waals surface area contributed by atoms with Crippen molar-refractivity contribution in [3.8, 4) is 0 Å². The molecule has 3 N–H and O–H groups in total. The molecule has 6 heteroatoms. The van der Waals surface area contributed by atoms with Crippen LogP contribution in [0.5, 0.6) is 0 Å². The highest BCUT2D eigenvalue weighted by molar-refractivity contribution is 5.76. The first-order chi connectivity index (χ1) is 32.0. The van der Waals surface area contributed by atoms with Gasteiger partial charge in [0, 0.05) is 12.8 Å². The third-order valence-corrected chi connectivity index (χ3v) is 13.2. The molecular weight excluding hydrogens is 803 g/mol. The van der Waals surface area contributed by atoms with Crippen molar-refractivity contribution < 1.29 is 24.5 Å². The first-order valence-corrected chi connectivity index (χ1v) is 28.8. The van der Waals surface area contributed by atoms with E-state index in [1.54, 1.807) is 6.08 Å². The average molecular weight is 915 g/mol. The number of nitrogens with one attached hydrogen (secondary N) is 1. The number of aliphatic hydroxyl groups excluding tert-OH is 2. The summed E-state index contributed by atoms with van der Waals surface area (Å²) in [7, 11) is 0. The number of unbranched alkanes of at least 4 members (excludes halogenated alkanes) is 38. The molecule has 1 amide bonds. The number of hydrogen-bond acceptors (Lipinski definition) is 5. The summed E-state index contributed by atoms with van der Waals surface area (Å²) in [5, 5.41) is 23.1. The van der Waals surface area contributed by atoms with Crippen molar-refractivity contribution in [2.24, 2.45) is 0 Å². The molecule has 6 nitrogen and oxygen atoms in total. The van der Waals surface area contributed by atoms with Gasteiger partial charge in [-0.3, -0.25) is 9.59 Å². The normalized spacial score (nSPS) is 12.9. The summed E-state index contributed by atoms with van der Waals surface area (Å²) in [6, 6.07) is -0.640. The zero-order valence-corrected chi connectivity index (χ0v) is 43.5. The fraction of sp³-hybridized carbons (Fsp3) is 0.864. The monoisotopic (exact) mass is 914 g/mol. The third kappa shape index (κ3) is 51.3. The van der Waals surface area contributed by atoms with Crippen LogP contribution in [-0.2, 0) is 14.3 Å². The fourth-order valence-corrected chi connectivity index (χ4v) is 8.72. The topological polar surface area (TPSA) is 95.9 Å². The standard InChI is InChI=1S/C59H111NO5/c1-3-5-7-9-11-13-15-17-18-19-20-22-25-28-31-35-39-43-47-51-57(62)56(55-61)60-58(63)52-48-44-40-36-32-29-26-23-21-24-27-30-34-38-42-46-50-54-65-59(64)53-49-45-41-37-33-16-14-12-10-8-6-4-2/h21,24,30,34,47,51,56-57,61-62H,3-20,22-23,25-29,31-33,35-46,48-50,52-55H2,1-2H3,(H,60,63)/b24-21-,34-30-,51-47+. The van der Waals surface area contributed by atoms with Crippen molar-refractivity contribution in [2.75, 3.05) is 13.2 Å². The molecule has 0 aromatic heterocycles. The van der Waals surface area contributed by atoms with Gasteiger partial charge in [-0.25, -0.2) is 0 Å². The highest BCUT2D eigenvalue weighted by Gasteiger charge is 2.18. The Labute approximate surface area is 404 Å². The van der Waals surface area contributed by atoms with Crippen molar-refractivity contribution >= 4 is 11.9 Å². The molecule has 2 unspecified atom stereocenters. The predicted octanol–water partition coefficient (Wildman–Crippen LogP) is 17.6. The van der Waals surface area contributed by atoms with Gasteiger partial charge in [-0.2, -0.15) is 0 Å². The molecule has 0 aliphatic carbocycles. The van der Waals surface area contributed by atoms with Gasteiger partial charge in [-0.15, -0.1) is 0 Å². The summed E-state index contributed by atoms with van der Waals surface area (Å²) in [5.41, 5.74) is 0. The second-order valence-electron chi connectivity index (χ2n) is 19.6. The SMILES string of the molecule is CCCCCCCCCCCCCCCCCCC/C=C/C(O)C(CO)NC(=O)CCCCCCCCC/C=C\C/C=C\CCCCCOC(=O)CCCCCCCCCCCCCC. The Kier molecular flexibility index (Phi) is 53.1. The van der Waals surface area contributed by atoms with Gasteiger partial charge in [-0.05, 0) is 70.6 Å². The lowest BCUT2D eigenvalue weighted by molar-refractivity contribution is -0.143. The van der Waals surface area contributed by atoms with Crippen LogP contribution in [-0.4, -0.2) is 47.4 Å². The Bertz CT molecular complexity index is 1060. The van der Waals surface area contributed by atoms with E-state index in [1.165, 1.54) is 193 Å². The smallest absolute Gasteiger partial charge is 0.305 e. The van der Waals surface area contributed by atoms with Crippen molar-refractivity contribution in [3.63, 3.8) is 0 Å². The van der Waals surface area contributed by atoms with E-state index >= 15 is 0 Å². The average Bonchev–Trinajstić information content (AvgIpc) is 3.31. The summed E-state index contributed by atoms with van der Waals surface area (Å²) in [4.78, 5) is 24.5. The molecular formula is C59H111NO5. The number of carbonyl (C=O) groups excluding carboxylic acids is 2. The molecule has 0 radical (unpaired) electrons. The Morgan fingerprint density at radius 3 is 1.17 bits per heavy atom. The Morgan fingerprint density at radius 1 is 0.431 bits per heavy atom. The predicted molar refractivity (Wildman–Crippen MR) is 283 cm³/mol. The van der Waals surface area contributed by atoms with Gasteiger partial charge in [0.15, 0.2) is 0 Å². The zero-order chi connectivity index (χ0) is 47.2. The lowest BCUT2D eigenvalue weighted by Gasteiger charge is -2.20. The minimum absolute atomic E-state index is 0.0158. The van der Waals surface area contributed by atoms with Gasteiger partial charge >= 0.3 is 5.97 Å². The number of aliphatic hydroxyl groups is 2. The molecule has 0 fully saturated rings. The van der Waals surface area contributed by atoms with Crippen molar-refractivity contribution in [1.29, 1.82) is 0 Å². The van der Waals surface area contributed by atoms with Gasteiger partial charge in [0.2, 0.25) is 5.91 Å². The van der Waals surface area contributed by atoms with E-state index in [9.17, 15) is 19.8 Å². The van der Waals surface area contributed by atoms with Crippen molar-refractivity contribution in [3.05, 3.63) is 36.5 Å². The van der Waals surface area contributed by atoms with Crippen LogP contribution in [0, 0.1) is 0 Å². The number of esters is 1. The molecule has 0 saturated heterocycles. The molecule has 0 aliphatic rings. The quantitative estimate of drug-likeness (QED) is 0.0321. The van der Waals surface area contributed by atoms with E-state index in [-0.39, 0.29) is 18.5 Å². The number of ether oxygens (including phenoxy) is 1. The van der Waals surface area contributed by atoms with Gasteiger partial charge < -0.3 is 20.3 Å². The number of hydrogen-bond donors (Lipinski definition) is 3. The lowest BCUT2D eigenvalue weighted by Crippen LogP contribution is -2.45. The number of rotatable bonds is 53. The molecule has 0 saturated carbocycles. The van der Waals surface area contributed by atoms with Crippen LogP contribution < -0.4 is 5.32 Å². The molecule has 0 aliphatic heterocycles. The Morgan fingerprint density at radius 2 is 0.769 bits per heavy atom. The zero-order valence-electron chi connectivity index (χ0n) is 43.5. The van der Waals surface area contributed by atoms with Gasteiger partial charge in [0.25, 0.3) is 0 Å². The van der Waals surface area contributed by atoms with Gasteiger partial charge in [-0.1, -0.05) is 256 Å². The molecule has 0 heterocycles. The van der Waals surface area contributed by atoms with E-state index in [4.69, 9.17) is 4.74 Å². The largest absolute Gasteiger partial charge is 0.466 e. The van der Waals surface area contributed by atoms with E-state index in [2.05, 4.69) is 43.5 Å². The van der Waals surface area contributed by atoms with Crippen LogP contribution in [0.2, 0.25) is 0 Å². The maximum Gasteiger partial charge on any atom is 0.305 e. The minimum Gasteiger partial charge on any atom is -0.466 e. The van der Waals surface area contributed by atoms with E-state index in [1.807, 2.05) is 6.08 Å². The molecule has 0 spiro atoms. The van der Waals surface area contributed by atoms with Gasteiger partial charge in [0.05, 0.1) is 25.4 Å². The summed E-state index contributed by atoms with van der Waals surface area (Å²) in [5.74, 6) is -0.0983. The Hall–Kier alpha value is -1.92. The van der Waals surface area contributed by atoms with Crippen LogP contribution in [0.25, 0.3) is 0 Å². The second-order valence-corrected chi connectivity index (χ2v) is 19.6. The Balaban J connectivity index is 3.54. The minimum atomic E-state index is -0.855. The van der Waals surface area contributed by atoms with Crippen molar-refractivity contribution in [2.45, 2.75) is 315 Å². The maximum atomic E-state index is 12.5. The van der Waals surface area contributed by atoms with Gasteiger partial charge in [0.1, 0.15) is 0 Å². The van der Waals surface area contributed by atoms with Crippen molar-refractivity contribution in [1.82, 2.24) is 5.32 Å². The molecule has 0 aromatic carbocycles. The van der Waals surface area contributed by atoms with Crippen LogP contribution in [0.3, 0.4) is 0 Å². The molecule has 382 valence electrons. The highest BCUT2D eigenvalue weighted by Crippen LogP contribution is 2.16. The van der Waals surface area contributed by atoms with Crippen LogP contribution in [0.4, 0.5) is 0 Å². The van der Waals surface area contributed by atoms with Crippen LogP contribution in [0.15, 0.2) is 36.5 Å². The van der Waals surface area contributed by atoms with E-state index in [0.29, 0.717) is 19.4 Å². The summed E-state index contributed by atoms with van der Waals surface area (Å²) >= 11 is 0. The third-order valence-electron chi connectivity index (χ3n) is 13.2. The lowest BCUT2D eigenvalue weighted by atomic mass is 10.0.